The lowest BCUT2D eigenvalue weighted by atomic mass is 10.0. The molecule has 0 aliphatic carbocycles. The molecule has 0 spiro atoms. The van der Waals surface area contributed by atoms with Crippen LogP contribution in [0.4, 0.5) is 0 Å². The van der Waals surface area contributed by atoms with E-state index >= 15 is 0 Å². The zero-order valence-electron chi connectivity index (χ0n) is 13.1. The molecule has 120 valence electrons. The molecule has 0 aromatic heterocycles. The van der Waals surface area contributed by atoms with Gasteiger partial charge in [-0.3, -0.25) is 4.79 Å². The average molecular weight is 304 g/mol. The quantitative estimate of drug-likeness (QED) is 0.807. The van der Waals surface area contributed by atoms with E-state index in [0.717, 1.165) is 43.9 Å². The summed E-state index contributed by atoms with van der Waals surface area (Å²) in [5.41, 5.74) is 0.720. The fourth-order valence-electron chi connectivity index (χ4n) is 3.32. The summed E-state index contributed by atoms with van der Waals surface area (Å²) >= 11 is 0. The first-order valence-electron chi connectivity index (χ1n) is 7.99. The lowest BCUT2D eigenvalue weighted by Crippen LogP contribution is -2.31. The molecule has 0 radical (unpaired) electrons. The molecule has 2 fully saturated rings. The molecule has 0 bridgehead atoms. The van der Waals surface area contributed by atoms with Crippen molar-refractivity contribution in [1.82, 2.24) is 10.2 Å². The second kappa shape index (κ2) is 7.11. The minimum atomic E-state index is 0.122. The molecule has 2 saturated heterocycles. The fraction of sp³-hybridized carbons (Fsp3) is 0.588. The Hall–Kier alpha value is -1.59. The van der Waals surface area contributed by atoms with E-state index in [2.05, 4.69) is 5.32 Å². The number of nitrogens with one attached hydrogen (secondary N) is 1. The van der Waals surface area contributed by atoms with Crippen molar-refractivity contribution in [2.45, 2.75) is 6.42 Å². The molecule has 1 N–H and O–H groups in total. The van der Waals surface area contributed by atoms with Gasteiger partial charge in [0.25, 0.3) is 5.91 Å². The summed E-state index contributed by atoms with van der Waals surface area (Å²) in [5.74, 6) is 2.12. The number of nitrogens with zero attached hydrogens (tertiary/aromatic N) is 1. The van der Waals surface area contributed by atoms with Crippen molar-refractivity contribution < 1.29 is 14.3 Å². The largest absolute Gasteiger partial charge is 0.493 e. The van der Waals surface area contributed by atoms with Gasteiger partial charge < -0.3 is 19.7 Å². The van der Waals surface area contributed by atoms with E-state index in [9.17, 15) is 4.79 Å². The highest BCUT2D eigenvalue weighted by molar-refractivity contribution is 5.94. The molecule has 0 saturated carbocycles. The van der Waals surface area contributed by atoms with Crippen molar-refractivity contribution >= 4 is 5.91 Å². The maximum Gasteiger partial charge on any atom is 0.254 e. The number of fused-ring (bicyclic) bond motifs is 1. The summed E-state index contributed by atoms with van der Waals surface area (Å²) < 4.78 is 10.7. The summed E-state index contributed by atoms with van der Waals surface area (Å²) in [6.45, 7) is 5.10. The third-order valence-corrected chi connectivity index (χ3v) is 4.52. The highest BCUT2D eigenvalue weighted by Crippen LogP contribution is 2.28. The zero-order chi connectivity index (χ0) is 15.4. The van der Waals surface area contributed by atoms with E-state index in [1.165, 1.54) is 0 Å². The van der Waals surface area contributed by atoms with E-state index in [4.69, 9.17) is 9.47 Å². The summed E-state index contributed by atoms with van der Waals surface area (Å²) in [7, 11) is 1.68. The molecule has 5 heteroatoms. The molecule has 22 heavy (non-hydrogen) atoms. The molecule has 2 aliphatic heterocycles. The monoisotopic (exact) mass is 304 g/mol. The van der Waals surface area contributed by atoms with E-state index in [0.29, 0.717) is 25.0 Å². The number of rotatable bonds is 6. The van der Waals surface area contributed by atoms with E-state index in [1.807, 2.05) is 29.2 Å². The van der Waals surface area contributed by atoms with Crippen LogP contribution >= 0.6 is 0 Å². The van der Waals surface area contributed by atoms with Crippen LogP contribution < -0.4 is 10.1 Å². The van der Waals surface area contributed by atoms with Gasteiger partial charge in [0.15, 0.2) is 0 Å². The van der Waals surface area contributed by atoms with E-state index < -0.39 is 0 Å². The highest BCUT2D eigenvalue weighted by atomic mass is 16.5. The molecule has 1 aromatic carbocycles. The Balaban J connectivity index is 1.58. The van der Waals surface area contributed by atoms with Crippen LogP contribution in [0.15, 0.2) is 24.3 Å². The van der Waals surface area contributed by atoms with Gasteiger partial charge in [-0.1, -0.05) is 6.07 Å². The molecule has 5 nitrogen and oxygen atoms in total. The van der Waals surface area contributed by atoms with Crippen LogP contribution in [0.3, 0.4) is 0 Å². The Morgan fingerprint density at radius 1 is 1.27 bits per heavy atom. The van der Waals surface area contributed by atoms with Gasteiger partial charge in [0.2, 0.25) is 0 Å². The second-order valence-electron chi connectivity index (χ2n) is 6.11. The third-order valence-electron chi connectivity index (χ3n) is 4.52. The zero-order valence-corrected chi connectivity index (χ0v) is 13.1. The number of likely N-dealkylation sites (tertiary alicyclic amines) is 1. The van der Waals surface area contributed by atoms with Crippen molar-refractivity contribution in [2.24, 2.45) is 11.8 Å². The van der Waals surface area contributed by atoms with Gasteiger partial charge >= 0.3 is 0 Å². The van der Waals surface area contributed by atoms with Crippen LogP contribution in [0.1, 0.15) is 16.8 Å². The van der Waals surface area contributed by atoms with Gasteiger partial charge in [0.1, 0.15) is 5.75 Å². The molecular formula is C17H24N2O3. The molecule has 1 amide bonds. The fourth-order valence-corrected chi connectivity index (χ4v) is 3.32. The van der Waals surface area contributed by atoms with Crippen molar-refractivity contribution in [3.8, 4) is 5.75 Å². The first-order chi connectivity index (χ1) is 10.8. The van der Waals surface area contributed by atoms with Crippen LogP contribution in [-0.2, 0) is 4.74 Å². The van der Waals surface area contributed by atoms with Crippen LogP contribution in [-0.4, -0.2) is 57.3 Å². The number of hydrogen-bond donors (Lipinski definition) is 1. The van der Waals surface area contributed by atoms with Crippen molar-refractivity contribution in [3.63, 3.8) is 0 Å². The van der Waals surface area contributed by atoms with Crippen LogP contribution in [0, 0.1) is 11.8 Å². The summed E-state index contributed by atoms with van der Waals surface area (Å²) in [5, 5.41) is 3.40. The molecule has 2 heterocycles. The van der Waals surface area contributed by atoms with Crippen molar-refractivity contribution in [1.29, 1.82) is 0 Å². The molecule has 2 aliphatic rings. The maximum atomic E-state index is 12.6. The smallest absolute Gasteiger partial charge is 0.254 e. The van der Waals surface area contributed by atoms with E-state index in [-0.39, 0.29) is 5.91 Å². The van der Waals surface area contributed by atoms with Gasteiger partial charge in [-0.05, 0) is 30.0 Å². The normalized spacial score (nSPS) is 23.6. The van der Waals surface area contributed by atoms with Gasteiger partial charge in [-0.25, -0.2) is 0 Å². The van der Waals surface area contributed by atoms with Gasteiger partial charge in [0.05, 0.1) is 6.61 Å². The van der Waals surface area contributed by atoms with Gasteiger partial charge in [-0.2, -0.15) is 0 Å². The number of benzene rings is 1. The first kappa shape index (κ1) is 15.3. The summed E-state index contributed by atoms with van der Waals surface area (Å²) in [4.78, 5) is 14.6. The number of amides is 1. The molecule has 3 rings (SSSR count). The Kier molecular flexibility index (Phi) is 4.95. The number of methoxy groups -OCH3 is 1. The predicted octanol–water partition coefficient (Wildman–Crippen LogP) is 1.39. The van der Waals surface area contributed by atoms with Crippen LogP contribution in [0.25, 0.3) is 0 Å². The molecule has 0 unspecified atom stereocenters. The maximum absolute atomic E-state index is 12.6. The molecule has 2 atom stereocenters. The van der Waals surface area contributed by atoms with Crippen molar-refractivity contribution in [3.05, 3.63) is 29.8 Å². The summed E-state index contributed by atoms with van der Waals surface area (Å²) in [6.07, 6.45) is 0.844. The average Bonchev–Trinajstić information content (AvgIpc) is 3.13. The van der Waals surface area contributed by atoms with Crippen LogP contribution in [0.2, 0.25) is 0 Å². The highest BCUT2D eigenvalue weighted by Gasteiger charge is 2.38. The Bertz CT molecular complexity index is 508. The minimum absolute atomic E-state index is 0.122. The molecule has 1 aromatic rings. The number of carbonyl (C=O) groups excluding carboxylic acids is 1. The number of carbonyl (C=O) groups is 1. The molecular weight excluding hydrogens is 280 g/mol. The van der Waals surface area contributed by atoms with E-state index in [1.54, 1.807) is 7.11 Å². The number of hydrogen-bond acceptors (Lipinski definition) is 4. The van der Waals surface area contributed by atoms with Crippen LogP contribution in [0.5, 0.6) is 5.75 Å². The number of ether oxygens (including phenoxy) is 2. The topological polar surface area (TPSA) is 50.8 Å². The SMILES string of the molecule is COCCCOc1cccc(C(=O)N2C[C@H]3CNC[C@H]3C2)c1. The minimum Gasteiger partial charge on any atom is -0.493 e. The first-order valence-corrected chi connectivity index (χ1v) is 7.99. The van der Waals surface area contributed by atoms with Crippen molar-refractivity contribution in [2.75, 3.05) is 46.5 Å². The lowest BCUT2D eigenvalue weighted by molar-refractivity contribution is 0.0781. The third kappa shape index (κ3) is 3.42. The Labute approximate surface area is 131 Å². The van der Waals surface area contributed by atoms with Gasteiger partial charge in [-0.15, -0.1) is 0 Å². The Morgan fingerprint density at radius 3 is 2.77 bits per heavy atom. The summed E-state index contributed by atoms with van der Waals surface area (Å²) in [6, 6.07) is 7.50. The lowest BCUT2D eigenvalue weighted by Gasteiger charge is -2.18. The predicted molar refractivity (Wildman–Crippen MR) is 84.2 cm³/mol. The van der Waals surface area contributed by atoms with Gasteiger partial charge in [0, 0.05) is 51.9 Å². The Morgan fingerprint density at radius 2 is 2.05 bits per heavy atom. The standard InChI is InChI=1S/C17H24N2O3/c1-21-6-3-7-22-16-5-2-4-13(8-16)17(20)19-11-14-9-18-10-15(14)12-19/h2,4-5,8,14-15,18H,3,6-7,9-12H2,1H3/t14-,15+. The second-order valence-corrected chi connectivity index (χ2v) is 6.11.